The highest BCUT2D eigenvalue weighted by atomic mass is 32.1. The molecular formula is C16H26N4O2S. The lowest BCUT2D eigenvalue weighted by atomic mass is 9.96. The first kappa shape index (κ1) is 16.8. The highest BCUT2D eigenvalue weighted by Crippen LogP contribution is 2.27. The average molecular weight is 338 g/mol. The molecule has 1 atom stereocenters. The van der Waals surface area contributed by atoms with E-state index in [0.717, 1.165) is 51.3 Å². The van der Waals surface area contributed by atoms with Gasteiger partial charge in [0.1, 0.15) is 5.82 Å². The lowest BCUT2D eigenvalue weighted by Crippen LogP contribution is -2.47. The Morgan fingerprint density at radius 1 is 1.30 bits per heavy atom. The molecule has 0 aromatic carbocycles. The minimum Gasteiger partial charge on any atom is -0.381 e. The van der Waals surface area contributed by atoms with Gasteiger partial charge < -0.3 is 4.74 Å². The van der Waals surface area contributed by atoms with Gasteiger partial charge in [-0.2, -0.15) is 4.37 Å². The van der Waals surface area contributed by atoms with Crippen LogP contribution in [0.25, 0.3) is 0 Å². The van der Waals surface area contributed by atoms with Crippen molar-refractivity contribution in [3.63, 3.8) is 0 Å². The molecule has 1 aromatic rings. The third-order valence-electron chi connectivity index (χ3n) is 4.58. The fourth-order valence-electron chi connectivity index (χ4n) is 3.29. The molecule has 1 aromatic heterocycles. The molecule has 3 rings (SSSR count). The molecule has 0 radical (unpaired) electrons. The van der Waals surface area contributed by atoms with Gasteiger partial charge >= 0.3 is 0 Å². The molecule has 2 aliphatic heterocycles. The normalized spacial score (nSPS) is 24.0. The van der Waals surface area contributed by atoms with Crippen LogP contribution in [0.15, 0.2) is 0 Å². The van der Waals surface area contributed by atoms with Crippen molar-refractivity contribution in [3.8, 4) is 0 Å². The number of hydrogen-bond donors (Lipinski definition) is 1. The fraction of sp³-hybridized carbons (Fsp3) is 0.812. The van der Waals surface area contributed by atoms with Gasteiger partial charge in [-0.3, -0.25) is 15.0 Å². The van der Waals surface area contributed by atoms with E-state index in [1.54, 1.807) is 0 Å². The predicted molar refractivity (Wildman–Crippen MR) is 90.8 cm³/mol. The van der Waals surface area contributed by atoms with E-state index >= 15 is 0 Å². The van der Waals surface area contributed by atoms with E-state index in [1.807, 2.05) is 0 Å². The van der Waals surface area contributed by atoms with Gasteiger partial charge in [-0.05, 0) is 32.2 Å². The van der Waals surface area contributed by atoms with Gasteiger partial charge in [0.25, 0.3) is 0 Å². The van der Waals surface area contributed by atoms with Crippen LogP contribution in [0.4, 0.5) is 5.13 Å². The van der Waals surface area contributed by atoms with Crippen LogP contribution in [0.3, 0.4) is 0 Å². The second kappa shape index (κ2) is 6.83. The maximum absolute atomic E-state index is 12.7. The van der Waals surface area contributed by atoms with Crippen molar-refractivity contribution >= 4 is 22.6 Å². The lowest BCUT2D eigenvalue weighted by Gasteiger charge is -2.34. The monoisotopic (exact) mass is 338 g/mol. The molecule has 7 heteroatoms. The van der Waals surface area contributed by atoms with Crippen LogP contribution in [0.1, 0.15) is 52.3 Å². The summed E-state index contributed by atoms with van der Waals surface area (Å²) >= 11 is 1.27. The number of carbonyl (C=O) groups is 1. The molecule has 0 aliphatic carbocycles. The van der Waals surface area contributed by atoms with Crippen LogP contribution in [-0.2, 0) is 14.9 Å². The van der Waals surface area contributed by atoms with Crippen molar-refractivity contribution < 1.29 is 9.53 Å². The van der Waals surface area contributed by atoms with E-state index in [-0.39, 0.29) is 17.4 Å². The number of nitrogens with one attached hydrogen (secondary N) is 1. The van der Waals surface area contributed by atoms with Gasteiger partial charge in [0, 0.05) is 36.2 Å². The summed E-state index contributed by atoms with van der Waals surface area (Å²) in [5.74, 6) is 0.844. The summed E-state index contributed by atoms with van der Waals surface area (Å²) < 4.78 is 9.80. The molecule has 0 spiro atoms. The minimum absolute atomic E-state index is 0.0416. The Bertz CT molecular complexity index is 549. The summed E-state index contributed by atoms with van der Waals surface area (Å²) in [6.45, 7) is 8.84. The van der Waals surface area contributed by atoms with E-state index < -0.39 is 0 Å². The van der Waals surface area contributed by atoms with Crippen LogP contribution in [0.5, 0.6) is 0 Å². The summed E-state index contributed by atoms with van der Waals surface area (Å²) in [7, 11) is 0. The van der Waals surface area contributed by atoms with Crippen molar-refractivity contribution in [2.75, 3.05) is 25.1 Å². The minimum atomic E-state index is -0.0963. The summed E-state index contributed by atoms with van der Waals surface area (Å²) in [6, 6.07) is 0.432. The Hall–Kier alpha value is -1.05. The molecule has 23 heavy (non-hydrogen) atoms. The lowest BCUT2D eigenvalue weighted by molar-refractivity contribution is -0.121. The molecule has 2 aliphatic rings. The largest absolute Gasteiger partial charge is 0.381 e. The quantitative estimate of drug-likeness (QED) is 0.917. The first-order chi connectivity index (χ1) is 10.9. The van der Waals surface area contributed by atoms with Crippen LogP contribution in [0, 0.1) is 0 Å². The number of likely N-dealkylation sites (tertiary alicyclic amines) is 1. The highest BCUT2D eigenvalue weighted by Gasteiger charge is 2.36. The van der Waals surface area contributed by atoms with Gasteiger partial charge in [0.05, 0.1) is 6.04 Å². The van der Waals surface area contributed by atoms with Gasteiger partial charge in [-0.15, -0.1) is 0 Å². The number of rotatable bonds is 3. The number of nitrogens with zero attached hydrogens (tertiary/aromatic N) is 3. The Morgan fingerprint density at radius 3 is 2.70 bits per heavy atom. The van der Waals surface area contributed by atoms with Crippen LogP contribution in [-0.4, -0.2) is 52.0 Å². The standard InChI is InChI=1S/C16H26N4O2S/c1-16(2,3)14-18-15(23-19-14)17-13(21)12-5-4-8-20(12)11-6-9-22-10-7-11/h11-12H,4-10H2,1-3H3,(H,17,18,19,21)/t12-/m0/s1. The third-order valence-corrected chi connectivity index (χ3v) is 5.21. The first-order valence-corrected chi connectivity index (χ1v) is 9.21. The molecule has 2 saturated heterocycles. The SMILES string of the molecule is CC(C)(C)c1nsc(NC(=O)[C@@H]2CCCN2C2CCOCC2)n1. The maximum atomic E-state index is 12.7. The molecule has 0 bridgehead atoms. The van der Waals surface area contributed by atoms with Crippen LogP contribution < -0.4 is 5.32 Å². The zero-order valence-electron chi connectivity index (χ0n) is 14.2. The summed E-state index contributed by atoms with van der Waals surface area (Å²) in [5, 5.41) is 3.59. The Labute approximate surface area is 141 Å². The van der Waals surface area contributed by atoms with Gasteiger partial charge in [-0.25, -0.2) is 4.98 Å². The summed E-state index contributed by atoms with van der Waals surface area (Å²) in [4.78, 5) is 19.5. The van der Waals surface area contributed by atoms with Gasteiger partial charge in [0.2, 0.25) is 11.0 Å². The number of hydrogen-bond acceptors (Lipinski definition) is 6. The molecule has 0 unspecified atom stereocenters. The molecule has 0 saturated carbocycles. The van der Waals surface area contributed by atoms with E-state index in [1.165, 1.54) is 11.5 Å². The van der Waals surface area contributed by atoms with Crippen molar-refractivity contribution in [3.05, 3.63) is 5.82 Å². The molecule has 128 valence electrons. The van der Waals surface area contributed by atoms with E-state index in [0.29, 0.717) is 11.2 Å². The topological polar surface area (TPSA) is 67.4 Å². The van der Waals surface area contributed by atoms with Gasteiger partial charge in [-0.1, -0.05) is 20.8 Å². The Balaban J connectivity index is 1.63. The van der Waals surface area contributed by atoms with Crippen molar-refractivity contribution in [2.45, 2.75) is 64.0 Å². The van der Waals surface area contributed by atoms with Crippen molar-refractivity contribution in [1.29, 1.82) is 0 Å². The zero-order chi connectivity index (χ0) is 16.4. The second-order valence-electron chi connectivity index (χ2n) is 7.40. The molecule has 1 N–H and O–H groups in total. The smallest absolute Gasteiger partial charge is 0.243 e. The second-order valence-corrected chi connectivity index (χ2v) is 8.15. The highest BCUT2D eigenvalue weighted by molar-refractivity contribution is 7.09. The van der Waals surface area contributed by atoms with Crippen LogP contribution in [0.2, 0.25) is 0 Å². The molecule has 3 heterocycles. The molecule has 6 nitrogen and oxygen atoms in total. The summed E-state index contributed by atoms with van der Waals surface area (Å²) in [6.07, 6.45) is 4.06. The average Bonchev–Trinajstić information content (AvgIpc) is 3.16. The molecular weight excluding hydrogens is 312 g/mol. The van der Waals surface area contributed by atoms with Gasteiger partial charge in [0.15, 0.2) is 0 Å². The zero-order valence-corrected chi connectivity index (χ0v) is 15.0. The summed E-state index contributed by atoms with van der Waals surface area (Å²) in [5.41, 5.74) is -0.0963. The number of carbonyl (C=O) groups excluding carboxylic acids is 1. The predicted octanol–water partition coefficient (Wildman–Crippen LogP) is 2.42. The van der Waals surface area contributed by atoms with E-state index in [4.69, 9.17) is 4.74 Å². The number of amides is 1. The Morgan fingerprint density at radius 2 is 2.04 bits per heavy atom. The van der Waals surface area contributed by atoms with Crippen molar-refractivity contribution in [2.24, 2.45) is 0 Å². The maximum Gasteiger partial charge on any atom is 0.243 e. The first-order valence-electron chi connectivity index (χ1n) is 8.44. The molecule has 2 fully saturated rings. The molecule has 1 amide bonds. The van der Waals surface area contributed by atoms with Crippen LogP contribution >= 0.6 is 11.5 Å². The number of aromatic nitrogens is 2. The third kappa shape index (κ3) is 3.89. The van der Waals surface area contributed by atoms with E-state index in [2.05, 4.69) is 40.3 Å². The Kier molecular flexibility index (Phi) is 4.98. The number of anilines is 1. The number of ether oxygens (including phenoxy) is 1. The van der Waals surface area contributed by atoms with E-state index in [9.17, 15) is 4.79 Å². The van der Waals surface area contributed by atoms with Crippen molar-refractivity contribution in [1.82, 2.24) is 14.3 Å². The fourth-order valence-corrected chi connectivity index (χ4v) is 4.05.